The average molecular weight is 327 g/mol. The highest BCUT2D eigenvalue weighted by Gasteiger charge is 2.12. The molecule has 0 radical (unpaired) electrons. The van der Waals surface area contributed by atoms with Gasteiger partial charge in [0.1, 0.15) is 0 Å². The summed E-state index contributed by atoms with van der Waals surface area (Å²) in [7, 11) is 0. The normalized spacial score (nSPS) is 15.2. The summed E-state index contributed by atoms with van der Waals surface area (Å²) in [6.07, 6.45) is 0. The number of carbonyl (C=O) groups excluding carboxylic acids is 2. The van der Waals surface area contributed by atoms with E-state index >= 15 is 0 Å². The Hall–Kier alpha value is -2.06. The summed E-state index contributed by atoms with van der Waals surface area (Å²) in [5.41, 5.74) is -0.0370. The van der Waals surface area contributed by atoms with Crippen LogP contribution in [-0.4, -0.2) is 62.7 Å². The third-order valence-electron chi connectivity index (χ3n) is 3.45. The first-order valence-corrected chi connectivity index (χ1v) is 7.36. The fourth-order valence-electron chi connectivity index (χ4n) is 2.14. The van der Waals surface area contributed by atoms with Gasteiger partial charge in [-0.05, 0) is 18.2 Å². The number of benzene rings is 1. The molecular weight excluding hydrogens is 308 g/mol. The van der Waals surface area contributed by atoms with Gasteiger partial charge in [0.25, 0.3) is 5.91 Å². The van der Waals surface area contributed by atoms with E-state index in [0.29, 0.717) is 26.3 Å². The fourth-order valence-corrected chi connectivity index (χ4v) is 2.14. The molecule has 0 spiro atoms. The van der Waals surface area contributed by atoms with E-state index in [9.17, 15) is 18.4 Å². The quantitative estimate of drug-likeness (QED) is 0.780. The van der Waals surface area contributed by atoms with Crippen molar-refractivity contribution >= 4 is 11.8 Å². The first-order chi connectivity index (χ1) is 11.1. The Labute approximate surface area is 132 Å². The zero-order chi connectivity index (χ0) is 16.7. The second-order valence-corrected chi connectivity index (χ2v) is 5.12. The highest BCUT2D eigenvalue weighted by atomic mass is 19.2. The van der Waals surface area contributed by atoms with Gasteiger partial charge in [0, 0.05) is 31.7 Å². The van der Waals surface area contributed by atoms with Crippen molar-refractivity contribution in [1.82, 2.24) is 15.5 Å². The first kappa shape index (κ1) is 17.3. The Kier molecular flexibility index (Phi) is 6.42. The van der Waals surface area contributed by atoms with Crippen LogP contribution in [-0.2, 0) is 9.53 Å². The minimum absolute atomic E-state index is 0.0370. The monoisotopic (exact) mass is 327 g/mol. The molecule has 6 nitrogen and oxygen atoms in total. The van der Waals surface area contributed by atoms with Crippen LogP contribution in [0.5, 0.6) is 0 Å². The number of morpholine rings is 1. The lowest BCUT2D eigenvalue weighted by Gasteiger charge is -2.26. The van der Waals surface area contributed by atoms with Crippen LogP contribution in [0.4, 0.5) is 8.78 Å². The third-order valence-corrected chi connectivity index (χ3v) is 3.45. The molecule has 0 bridgehead atoms. The largest absolute Gasteiger partial charge is 0.379 e. The number of rotatable bonds is 6. The van der Waals surface area contributed by atoms with Crippen LogP contribution < -0.4 is 10.6 Å². The van der Waals surface area contributed by atoms with E-state index < -0.39 is 17.5 Å². The molecule has 1 heterocycles. The molecule has 2 N–H and O–H groups in total. The summed E-state index contributed by atoms with van der Waals surface area (Å²) in [4.78, 5) is 25.5. The van der Waals surface area contributed by atoms with Crippen molar-refractivity contribution in [3.05, 3.63) is 35.4 Å². The second kappa shape index (κ2) is 8.54. The molecule has 1 fully saturated rings. The summed E-state index contributed by atoms with van der Waals surface area (Å²) in [5.74, 6) is -3.10. The highest BCUT2D eigenvalue weighted by Crippen LogP contribution is 2.08. The first-order valence-electron chi connectivity index (χ1n) is 7.36. The zero-order valence-corrected chi connectivity index (χ0v) is 12.6. The van der Waals surface area contributed by atoms with Gasteiger partial charge >= 0.3 is 0 Å². The number of halogens is 2. The maximum atomic E-state index is 13.0. The Morgan fingerprint density at radius 3 is 2.57 bits per heavy atom. The number of hydrogen-bond donors (Lipinski definition) is 2. The molecule has 1 aliphatic heterocycles. The van der Waals surface area contributed by atoms with E-state index in [1.165, 1.54) is 0 Å². The minimum Gasteiger partial charge on any atom is -0.379 e. The van der Waals surface area contributed by atoms with Crippen LogP contribution in [0.2, 0.25) is 0 Å². The molecule has 2 amide bonds. The Morgan fingerprint density at radius 1 is 1.13 bits per heavy atom. The minimum atomic E-state index is -1.10. The van der Waals surface area contributed by atoms with Crippen molar-refractivity contribution in [3.8, 4) is 0 Å². The van der Waals surface area contributed by atoms with Gasteiger partial charge in [0.15, 0.2) is 11.6 Å². The summed E-state index contributed by atoms with van der Waals surface area (Å²) < 4.78 is 31.0. The van der Waals surface area contributed by atoms with Crippen molar-refractivity contribution in [2.75, 3.05) is 45.9 Å². The van der Waals surface area contributed by atoms with Crippen molar-refractivity contribution in [1.29, 1.82) is 0 Å². The molecule has 1 aromatic carbocycles. The summed E-state index contributed by atoms with van der Waals surface area (Å²) in [6.45, 7) is 4.02. The Balaban J connectivity index is 1.67. The van der Waals surface area contributed by atoms with Gasteiger partial charge in [0.05, 0.1) is 19.8 Å². The smallest absolute Gasteiger partial charge is 0.251 e. The zero-order valence-electron chi connectivity index (χ0n) is 12.6. The van der Waals surface area contributed by atoms with E-state index in [4.69, 9.17) is 4.74 Å². The highest BCUT2D eigenvalue weighted by molar-refractivity contribution is 5.96. The van der Waals surface area contributed by atoms with Gasteiger partial charge in [-0.3, -0.25) is 14.5 Å². The predicted octanol–water partition coefficient (Wildman–Crippen LogP) is 0.143. The summed E-state index contributed by atoms with van der Waals surface area (Å²) >= 11 is 0. The van der Waals surface area contributed by atoms with E-state index in [2.05, 4.69) is 15.5 Å². The van der Waals surface area contributed by atoms with E-state index in [1.54, 1.807) is 0 Å². The van der Waals surface area contributed by atoms with Crippen LogP contribution in [0, 0.1) is 11.6 Å². The summed E-state index contributed by atoms with van der Waals surface area (Å²) in [6, 6.07) is 2.82. The standard InChI is InChI=1S/C15H19F2N3O3/c16-12-2-1-11(9-13(12)17)15(22)19-10-14(21)18-3-4-20-5-7-23-8-6-20/h1-2,9H,3-8,10H2,(H,18,21)(H,19,22). The van der Waals surface area contributed by atoms with Gasteiger partial charge in [-0.15, -0.1) is 0 Å². The molecule has 23 heavy (non-hydrogen) atoms. The van der Waals surface area contributed by atoms with E-state index in [-0.39, 0.29) is 18.0 Å². The number of carbonyl (C=O) groups is 2. The van der Waals surface area contributed by atoms with Crippen LogP contribution >= 0.6 is 0 Å². The molecular formula is C15H19F2N3O3. The number of ether oxygens (including phenoxy) is 1. The van der Waals surface area contributed by atoms with Gasteiger partial charge in [-0.1, -0.05) is 0 Å². The lowest BCUT2D eigenvalue weighted by Crippen LogP contribution is -2.43. The van der Waals surface area contributed by atoms with Crippen molar-refractivity contribution in [2.45, 2.75) is 0 Å². The lowest BCUT2D eigenvalue weighted by molar-refractivity contribution is -0.120. The van der Waals surface area contributed by atoms with Gasteiger partial charge in [0.2, 0.25) is 5.91 Å². The summed E-state index contributed by atoms with van der Waals surface area (Å²) in [5, 5.41) is 5.05. The van der Waals surface area contributed by atoms with Crippen LogP contribution in [0.3, 0.4) is 0 Å². The van der Waals surface area contributed by atoms with Crippen LogP contribution in [0.1, 0.15) is 10.4 Å². The predicted molar refractivity (Wildman–Crippen MR) is 79.0 cm³/mol. The maximum absolute atomic E-state index is 13.0. The van der Waals surface area contributed by atoms with Crippen LogP contribution in [0.25, 0.3) is 0 Å². The molecule has 0 saturated carbocycles. The van der Waals surface area contributed by atoms with Crippen LogP contribution in [0.15, 0.2) is 18.2 Å². The molecule has 0 aliphatic carbocycles. The molecule has 1 aromatic rings. The molecule has 0 aromatic heterocycles. The third kappa shape index (κ3) is 5.57. The molecule has 0 atom stereocenters. The van der Waals surface area contributed by atoms with Crippen molar-refractivity contribution < 1.29 is 23.1 Å². The molecule has 8 heteroatoms. The molecule has 1 saturated heterocycles. The maximum Gasteiger partial charge on any atom is 0.251 e. The van der Waals surface area contributed by atoms with Crippen molar-refractivity contribution in [2.24, 2.45) is 0 Å². The molecule has 2 rings (SSSR count). The molecule has 1 aliphatic rings. The van der Waals surface area contributed by atoms with Gasteiger partial charge in [-0.25, -0.2) is 8.78 Å². The SMILES string of the molecule is O=C(CNC(=O)c1ccc(F)c(F)c1)NCCN1CCOCC1. The Morgan fingerprint density at radius 2 is 1.87 bits per heavy atom. The van der Waals surface area contributed by atoms with E-state index in [1.807, 2.05) is 0 Å². The molecule has 126 valence electrons. The number of hydrogen-bond acceptors (Lipinski definition) is 4. The van der Waals surface area contributed by atoms with E-state index in [0.717, 1.165) is 31.3 Å². The lowest BCUT2D eigenvalue weighted by atomic mass is 10.2. The number of amides is 2. The van der Waals surface area contributed by atoms with Gasteiger partial charge in [-0.2, -0.15) is 0 Å². The second-order valence-electron chi connectivity index (χ2n) is 5.12. The average Bonchev–Trinajstić information content (AvgIpc) is 2.56. The van der Waals surface area contributed by atoms with Gasteiger partial charge < -0.3 is 15.4 Å². The Bertz CT molecular complexity index is 563. The number of nitrogens with zero attached hydrogens (tertiary/aromatic N) is 1. The molecule has 0 unspecified atom stereocenters. The fraction of sp³-hybridized carbons (Fsp3) is 0.467. The topological polar surface area (TPSA) is 70.7 Å². The van der Waals surface area contributed by atoms with Crippen molar-refractivity contribution in [3.63, 3.8) is 0 Å². The number of nitrogens with one attached hydrogen (secondary N) is 2.